The lowest BCUT2D eigenvalue weighted by Gasteiger charge is -2.38. The number of thiophene rings is 1. The number of carbonyl (C=O) groups is 2. The Kier molecular flexibility index (Phi) is 7.51. The van der Waals surface area contributed by atoms with Crippen LogP contribution in [0.4, 0.5) is 5.69 Å². The van der Waals surface area contributed by atoms with Crippen LogP contribution in [0.5, 0.6) is 5.75 Å². The van der Waals surface area contributed by atoms with Crippen molar-refractivity contribution in [2.45, 2.75) is 43.0 Å². The van der Waals surface area contributed by atoms with E-state index in [1.807, 2.05) is 6.92 Å². The second-order valence-electron chi connectivity index (χ2n) is 9.29. The van der Waals surface area contributed by atoms with E-state index in [1.165, 1.54) is 11.4 Å². The number of rotatable bonds is 8. The molecule has 190 valence electrons. The van der Waals surface area contributed by atoms with Gasteiger partial charge in [0.1, 0.15) is 10.3 Å². The van der Waals surface area contributed by atoms with Gasteiger partial charge < -0.3 is 20.1 Å². The number of nitrogens with one attached hydrogen (secondary N) is 1. The summed E-state index contributed by atoms with van der Waals surface area (Å²) in [5.74, 6) is -0.528. The SMILES string of the molecule is C[C@@H]1CN([C@@H](C)CO)C(=O)c2cccc(NC(=O)C3CC3)c2O[C@@H]1CN(C)S(=O)(=O)c1cccs1. The smallest absolute Gasteiger partial charge is 0.258 e. The van der Waals surface area contributed by atoms with Crippen LogP contribution in [-0.4, -0.2) is 73.4 Å². The molecule has 1 fully saturated rings. The van der Waals surface area contributed by atoms with Crippen LogP contribution < -0.4 is 10.1 Å². The average Bonchev–Trinajstić information content (AvgIpc) is 3.54. The summed E-state index contributed by atoms with van der Waals surface area (Å²) >= 11 is 1.14. The van der Waals surface area contributed by atoms with Crippen LogP contribution in [-0.2, 0) is 14.8 Å². The quantitative estimate of drug-likeness (QED) is 0.552. The molecule has 1 aromatic carbocycles. The Labute approximate surface area is 209 Å². The first-order valence-corrected chi connectivity index (χ1v) is 14.0. The van der Waals surface area contributed by atoms with Gasteiger partial charge in [0, 0.05) is 25.4 Å². The largest absolute Gasteiger partial charge is 0.486 e. The highest BCUT2D eigenvalue weighted by Crippen LogP contribution is 2.37. The second-order valence-corrected chi connectivity index (χ2v) is 12.5. The second kappa shape index (κ2) is 10.3. The number of para-hydroxylation sites is 1. The van der Waals surface area contributed by atoms with E-state index in [-0.39, 0.29) is 58.9 Å². The highest BCUT2D eigenvalue weighted by molar-refractivity contribution is 7.91. The number of hydrogen-bond donors (Lipinski definition) is 2. The fourth-order valence-electron chi connectivity index (χ4n) is 4.06. The number of nitrogens with zero attached hydrogens (tertiary/aromatic N) is 2. The van der Waals surface area contributed by atoms with Crippen LogP contribution >= 0.6 is 11.3 Å². The minimum atomic E-state index is -3.71. The van der Waals surface area contributed by atoms with Gasteiger partial charge in [0.2, 0.25) is 5.91 Å². The normalized spacial score (nSPS) is 21.6. The molecule has 1 aliphatic carbocycles. The third-order valence-corrected chi connectivity index (χ3v) is 9.69. The molecule has 35 heavy (non-hydrogen) atoms. The molecule has 0 unspecified atom stereocenters. The topological polar surface area (TPSA) is 116 Å². The number of hydrogen-bond acceptors (Lipinski definition) is 7. The minimum absolute atomic E-state index is 0.0429. The lowest BCUT2D eigenvalue weighted by molar-refractivity contribution is -0.117. The maximum absolute atomic E-state index is 13.5. The van der Waals surface area contributed by atoms with Gasteiger partial charge in [-0.05, 0) is 43.3 Å². The van der Waals surface area contributed by atoms with E-state index in [2.05, 4.69) is 5.32 Å². The van der Waals surface area contributed by atoms with Gasteiger partial charge in [0.25, 0.3) is 15.9 Å². The molecule has 0 bridgehead atoms. The van der Waals surface area contributed by atoms with Gasteiger partial charge in [0.15, 0.2) is 5.75 Å². The molecular formula is C24H31N3O6S2. The first kappa shape index (κ1) is 25.6. The van der Waals surface area contributed by atoms with E-state index in [0.29, 0.717) is 5.69 Å². The third-order valence-electron chi connectivity index (χ3n) is 6.49. The van der Waals surface area contributed by atoms with Gasteiger partial charge in [0.05, 0.1) is 30.4 Å². The van der Waals surface area contributed by atoms with Gasteiger partial charge in [-0.15, -0.1) is 11.3 Å². The molecule has 2 N–H and O–H groups in total. The van der Waals surface area contributed by atoms with Crippen LogP contribution in [0.1, 0.15) is 37.0 Å². The molecule has 1 saturated carbocycles. The number of carbonyl (C=O) groups excluding carboxylic acids is 2. The molecule has 2 aromatic rings. The van der Waals surface area contributed by atoms with Gasteiger partial charge >= 0.3 is 0 Å². The van der Waals surface area contributed by atoms with Crippen molar-refractivity contribution in [1.82, 2.24) is 9.21 Å². The van der Waals surface area contributed by atoms with Crippen LogP contribution in [0.2, 0.25) is 0 Å². The zero-order chi connectivity index (χ0) is 25.3. The van der Waals surface area contributed by atoms with Crippen molar-refractivity contribution in [2.75, 3.05) is 32.1 Å². The molecule has 2 aliphatic rings. The van der Waals surface area contributed by atoms with E-state index in [1.54, 1.807) is 47.5 Å². The van der Waals surface area contributed by atoms with E-state index in [0.717, 1.165) is 24.2 Å². The zero-order valence-corrected chi connectivity index (χ0v) is 21.6. The number of ether oxygens (including phenoxy) is 1. The predicted octanol–water partition coefficient (Wildman–Crippen LogP) is 2.64. The molecule has 9 nitrogen and oxygen atoms in total. The van der Waals surface area contributed by atoms with Crippen molar-refractivity contribution in [3.8, 4) is 5.75 Å². The number of likely N-dealkylation sites (N-methyl/N-ethyl adjacent to an activating group) is 1. The van der Waals surface area contributed by atoms with Crippen molar-refractivity contribution in [3.63, 3.8) is 0 Å². The Balaban J connectivity index is 1.71. The first-order valence-electron chi connectivity index (χ1n) is 11.7. The van der Waals surface area contributed by atoms with Gasteiger partial charge in [-0.2, -0.15) is 4.31 Å². The molecule has 1 aliphatic heterocycles. The summed E-state index contributed by atoms with van der Waals surface area (Å²) in [6, 6.07) is 7.78. The standard InChI is InChI=1S/C24H31N3O6S2/c1-15-12-27(16(2)14-28)24(30)18-6-4-7-19(25-23(29)17-9-10-17)22(18)33-20(15)13-26(3)35(31,32)21-8-5-11-34-21/h4-8,11,15-17,20,28H,9-10,12-14H2,1-3H3,(H,25,29)/t15-,16+,20-/m1/s1. The number of anilines is 1. The Morgan fingerprint density at radius 1 is 1.31 bits per heavy atom. The summed E-state index contributed by atoms with van der Waals surface area (Å²) in [6.07, 6.45) is 1.04. The number of sulfonamides is 1. The fourth-order valence-corrected chi connectivity index (χ4v) is 6.44. The molecule has 1 aromatic heterocycles. The fraction of sp³-hybridized carbons (Fsp3) is 0.500. The monoisotopic (exact) mass is 521 g/mol. The van der Waals surface area contributed by atoms with Crippen LogP contribution in [0.15, 0.2) is 39.9 Å². The van der Waals surface area contributed by atoms with E-state index >= 15 is 0 Å². The molecule has 2 amide bonds. The number of benzene rings is 1. The van der Waals surface area contributed by atoms with Gasteiger partial charge in [-0.25, -0.2) is 8.42 Å². The van der Waals surface area contributed by atoms with Crippen molar-refractivity contribution >= 4 is 38.9 Å². The number of aliphatic hydroxyl groups is 1. The molecule has 0 spiro atoms. The Bertz CT molecular complexity index is 1180. The number of aliphatic hydroxyl groups excluding tert-OH is 1. The number of amides is 2. The van der Waals surface area contributed by atoms with Crippen LogP contribution in [0.25, 0.3) is 0 Å². The molecule has 11 heteroatoms. The van der Waals surface area contributed by atoms with E-state index in [9.17, 15) is 23.1 Å². The maximum atomic E-state index is 13.5. The van der Waals surface area contributed by atoms with Crippen molar-refractivity contribution in [2.24, 2.45) is 11.8 Å². The molecule has 0 saturated heterocycles. The Hall–Kier alpha value is -2.47. The molecule has 0 radical (unpaired) electrons. The van der Waals surface area contributed by atoms with Crippen molar-refractivity contribution < 1.29 is 27.9 Å². The van der Waals surface area contributed by atoms with Crippen molar-refractivity contribution in [3.05, 3.63) is 41.3 Å². The van der Waals surface area contributed by atoms with E-state index in [4.69, 9.17) is 4.74 Å². The minimum Gasteiger partial charge on any atom is -0.486 e. The lowest BCUT2D eigenvalue weighted by Crippen LogP contribution is -2.50. The summed E-state index contributed by atoms with van der Waals surface area (Å²) in [6.45, 7) is 3.74. The summed E-state index contributed by atoms with van der Waals surface area (Å²) in [7, 11) is -2.21. The summed E-state index contributed by atoms with van der Waals surface area (Å²) in [5.41, 5.74) is 0.645. The molecule has 2 heterocycles. The predicted molar refractivity (Wildman–Crippen MR) is 133 cm³/mol. The summed E-state index contributed by atoms with van der Waals surface area (Å²) < 4.78 is 34.0. The third kappa shape index (κ3) is 5.37. The highest BCUT2D eigenvalue weighted by atomic mass is 32.2. The molecular weight excluding hydrogens is 490 g/mol. The Morgan fingerprint density at radius 2 is 2.06 bits per heavy atom. The van der Waals surface area contributed by atoms with Gasteiger partial charge in [-0.3, -0.25) is 9.59 Å². The summed E-state index contributed by atoms with van der Waals surface area (Å²) in [4.78, 5) is 27.6. The average molecular weight is 522 g/mol. The summed E-state index contributed by atoms with van der Waals surface area (Å²) in [5, 5.41) is 14.4. The molecule has 3 atom stereocenters. The highest BCUT2D eigenvalue weighted by Gasteiger charge is 2.37. The number of fused-ring (bicyclic) bond motifs is 1. The van der Waals surface area contributed by atoms with Gasteiger partial charge in [-0.1, -0.05) is 19.1 Å². The Morgan fingerprint density at radius 3 is 2.69 bits per heavy atom. The molecule has 4 rings (SSSR count). The zero-order valence-electron chi connectivity index (χ0n) is 20.0. The van der Waals surface area contributed by atoms with Crippen LogP contribution in [0.3, 0.4) is 0 Å². The van der Waals surface area contributed by atoms with E-state index < -0.39 is 22.2 Å². The maximum Gasteiger partial charge on any atom is 0.258 e. The lowest BCUT2D eigenvalue weighted by atomic mass is 9.99. The van der Waals surface area contributed by atoms with Crippen LogP contribution in [0, 0.1) is 11.8 Å². The van der Waals surface area contributed by atoms with Crippen molar-refractivity contribution in [1.29, 1.82) is 0 Å². The first-order chi connectivity index (χ1) is 16.6.